The number of benzene rings is 2. The highest BCUT2D eigenvalue weighted by Crippen LogP contribution is 2.21. The molecule has 0 aromatic heterocycles. The molecule has 0 saturated carbocycles. The third kappa shape index (κ3) is 6.26. The van der Waals surface area contributed by atoms with Crippen LogP contribution in [0.2, 0.25) is 0 Å². The van der Waals surface area contributed by atoms with E-state index in [-0.39, 0.29) is 0 Å². The van der Waals surface area contributed by atoms with E-state index in [4.69, 9.17) is 9.47 Å². The van der Waals surface area contributed by atoms with Gasteiger partial charge >= 0.3 is 0 Å². The number of ether oxygens (including phenoxy) is 2. The largest absolute Gasteiger partial charge is 0.497 e. The average molecular weight is 370 g/mol. The van der Waals surface area contributed by atoms with Gasteiger partial charge in [0.2, 0.25) is 0 Å². The number of methoxy groups -OCH3 is 1. The summed E-state index contributed by atoms with van der Waals surface area (Å²) in [6.07, 6.45) is 5.19. The number of piperidine rings is 1. The summed E-state index contributed by atoms with van der Waals surface area (Å²) in [5.41, 5.74) is 2.45. The Morgan fingerprint density at radius 1 is 0.963 bits per heavy atom. The Morgan fingerprint density at radius 3 is 2.44 bits per heavy atom. The van der Waals surface area contributed by atoms with Gasteiger partial charge in [0.15, 0.2) is 0 Å². The Balaban J connectivity index is 1.50. The van der Waals surface area contributed by atoms with Gasteiger partial charge < -0.3 is 19.5 Å². The third-order valence-electron chi connectivity index (χ3n) is 5.16. The molecule has 0 spiro atoms. The van der Waals surface area contributed by atoms with Crippen LogP contribution in [0.3, 0.4) is 0 Å². The third-order valence-corrected chi connectivity index (χ3v) is 5.16. The van der Waals surface area contributed by atoms with Crippen LogP contribution in [-0.4, -0.2) is 49.5 Å². The first-order chi connectivity index (χ1) is 13.2. The van der Waals surface area contributed by atoms with E-state index in [9.17, 15) is 5.11 Å². The highest BCUT2D eigenvalue weighted by atomic mass is 16.5. The van der Waals surface area contributed by atoms with Crippen LogP contribution in [0.4, 0.5) is 0 Å². The lowest BCUT2D eigenvalue weighted by Crippen LogP contribution is -2.38. The second-order valence-corrected chi connectivity index (χ2v) is 7.28. The summed E-state index contributed by atoms with van der Waals surface area (Å²) in [7, 11) is 1.68. The SMILES string of the molecule is COc1ccc(CCc2ccccc2OC[C@H](O)CN2CCCCC2)cc1. The molecule has 1 aliphatic heterocycles. The fraction of sp³-hybridized carbons (Fsp3) is 0.478. The van der Waals surface area contributed by atoms with Crippen molar-refractivity contribution < 1.29 is 14.6 Å². The molecular weight excluding hydrogens is 338 g/mol. The number of aryl methyl sites for hydroxylation is 2. The van der Waals surface area contributed by atoms with Gasteiger partial charge in [-0.15, -0.1) is 0 Å². The number of aliphatic hydroxyl groups is 1. The Kier molecular flexibility index (Phi) is 7.55. The molecule has 2 aromatic rings. The quantitative estimate of drug-likeness (QED) is 0.732. The monoisotopic (exact) mass is 369 g/mol. The maximum absolute atomic E-state index is 10.3. The van der Waals surface area contributed by atoms with E-state index in [1.54, 1.807) is 7.11 Å². The van der Waals surface area contributed by atoms with E-state index >= 15 is 0 Å². The van der Waals surface area contributed by atoms with E-state index < -0.39 is 6.10 Å². The molecular formula is C23H31NO3. The maximum atomic E-state index is 10.3. The highest BCUT2D eigenvalue weighted by Gasteiger charge is 2.15. The number of aliphatic hydroxyl groups excluding tert-OH is 1. The van der Waals surface area contributed by atoms with Gasteiger partial charge in [-0.2, -0.15) is 0 Å². The van der Waals surface area contributed by atoms with Crippen LogP contribution >= 0.6 is 0 Å². The first-order valence-electron chi connectivity index (χ1n) is 9.98. The summed E-state index contributed by atoms with van der Waals surface area (Å²) in [4.78, 5) is 2.34. The zero-order valence-electron chi connectivity index (χ0n) is 16.3. The molecule has 1 heterocycles. The maximum Gasteiger partial charge on any atom is 0.122 e. The smallest absolute Gasteiger partial charge is 0.122 e. The molecule has 1 saturated heterocycles. The Labute approximate surface area is 162 Å². The molecule has 0 aliphatic carbocycles. The molecule has 4 nitrogen and oxygen atoms in total. The van der Waals surface area contributed by atoms with Crippen molar-refractivity contribution in [2.75, 3.05) is 33.4 Å². The molecule has 146 valence electrons. The van der Waals surface area contributed by atoms with Crippen molar-refractivity contribution in [1.29, 1.82) is 0 Å². The molecule has 4 heteroatoms. The fourth-order valence-corrected chi connectivity index (χ4v) is 3.60. The normalized spacial score (nSPS) is 16.1. The molecule has 27 heavy (non-hydrogen) atoms. The summed E-state index contributed by atoms with van der Waals surface area (Å²) in [6.45, 7) is 3.23. The Hall–Kier alpha value is -2.04. The number of hydrogen-bond donors (Lipinski definition) is 1. The summed E-state index contributed by atoms with van der Waals surface area (Å²) >= 11 is 0. The fourth-order valence-electron chi connectivity index (χ4n) is 3.60. The number of rotatable bonds is 9. The topological polar surface area (TPSA) is 41.9 Å². The van der Waals surface area contributed by atoms with Gasteiger partial charge in [0.25, 0.3) is 0 Å². The van der Waals surface area contributed by atoms with Crippen molar-refractivity contribution in [3.8, 4) is 11.5 Å². The van der Waals surface area contributed by atoms with Crippen molar-refractivity contribution in [3.05, 3.63) is 59.7 Å². The predicted molar refractivity (Wildman–Crippen MR) is 109 cm³/mol. The second kappa shape index (κ2) is 10.3. The molecule has 0 amide bonds. The Morgan fingerprint density at radius 2 is 1.70 bits per heavy atom. The zero-order chi connectivity index (χ0) is 18.9. The van der Waals surface area contributed by atoms with Crippen molar-refractivity contribution in [3.63, 3.8) is 0 Å². The van der Waals surface area contributed by atoms with E-state index in [1.807, 2.05) is 30.3 Å². The van der Waals surface area contributed by atoms with Gasteiger partial charge in [0, 0.05) is 6.54 Å². The van der Waals surface area contributed by atoms with Crippen LogP contribution in [0.1, 0.15) is 30.4 Å². The van der Waals surface area contributed by atoms with Crippen LogP contribution in [0.25, 0.3) is 0 Å². The lowest BCUT2D eigenvalue weighted by Gasteiger charge is -2.28. The van der Waals surface area contributed by atoms with Gasteiger partial charge in [-0.3, -0.25) is 0 Å². The minimum atomic E-state index is -0.447. The molecule has 2 aromatic carbocycles. The van der Waals surface area contributed by atoms with Crippen LogP contribution in [0.15, 0.2) is 48.5 Å². The number of hydrogen-bond acceptors (Lipinski definition) is 4. The van der Waals surface area contributed by atoms with E-state index in [1.165, 1.54) is 30.4 Å². The molecule has 0 radical (unpaired) electrons. The van der Waals surface area contributed by atoms with Crippen LogP contribution in [0, 0.1) is 0 Å². The molecule has 1 N–H and O–H groups in total. The molecule has 1 fully saturated rings. The first kappa shape index (κ1) is 19.7. The lowest BCUT2D eigenvalue weighted by atomic mass is 10.0. The van der Waals surface area contributed by atoms with E-state index in [0.29, 0.717) is 13.2 Å². The van der Waals surface area contributed by atoms with Gasteiger partial charge in [-0.05, 0) is 68.1 Å². The first-order valence-corrected chi connectivity index (χ1v) is 9.98. The summed E-state index contributed by atoms with van der Waals surface area (Å²) in [6, 6.07) is 16.3. The summed E-state index contributed by atoms with van der Waals surface area (Å²) in [5.74, 6) is 1.76. The molecule has 0 unspecified atom stereocenters. The van der Waals surface area contributed by atoms with Crippen molar-refractivity contribution >= 4 is 0 Å². The van der Waals surface area contributed by atoms with E-state index in [0.717, 1.165) is 37.4 Å². The van der Waals surface area contributed by atoms with Gasteiger partial charge in [0.05, 0.1) is 7.11 Å². The molecule has 0 bridgehead atoms. The van der Waals surface area contributed by atoms with Gasteiger partial charge in [-0.1, -0.05) is 36.8 Å². The van der Waals surface area contributed by atoms with Crippen LogP contribution < -0.4 is 9.47 Å². The predicted octanol–water partition coefficient (Wildman–Crippen LogP) is 3.71. The second-order valence-electron chi connectivity index (χ2n) is 7.28. The van der Waals surface area contributed by atoms with Gasteiger partial charge in [0.1, 0.15) is 24.2 Å². The van der Waals surface area contributed by atoms with Gasteiger partial charge in [-0.25, -0.2) is 0 Å². The van der Waals surface area contributed by atoms with Crippen molar-refractivity contribution in [1.82, 2.24) is 4.90 Å². The number of β-amino-alcohol motifs (C(OH)–C–C–N with tert-alkyl or cyclic N) is 1. The Bertz CT molecular complexity index is 680. The minimum absolute atomic E-state index is 0.343. The van der Waals surface area contributed by atoms with E-state index in [2.05, 4.69) is 23.1 Å². The number of para-hydroxylation sites is 1. The van der Waals surface area contributed by atoms with Crippen LogP contribution in [-0.2, 0) is 12.8 Å². The lowest BCUT2D eigenvalue weighted by molar-refractivity contribution is 0.0614. The zero-order valence-corrected chi connectivity index (χ0v) is 16.3. The van der Waals surface area contributed by atoms with Crippen LogP contribution in [0.5, 0.6) is 11.5 Å². The number of nitrogens with zero attached hydrogens (tertiary/aromatic N) is 1. The van der Waals surface area contributed by atoms with Crippen molar-refractivity contribution in [2.24, 2.45) is 0 Å². The molecule has 1 atom stereocenters. The average Bonchev–Trinajstić information content (AvgIpc) is 2.72. The molecule has 1 aliphatic rings. The summed E-state index contributed by atoms with van der Waals surface area (Å²) < 4.78 is 11.2. The van der Waals surface area contributed by atoms with Crippen molar-refractivity contribution in [2.45, 2.75) is 38.2 Å². The summed E-state index contributed by atoms with van der Waals surface area (Å²) in [5, 5.41) is 10.3. The standard InChI is InChI=1S/C23H31NO3/c1-26-22-13-10-19(11-14-22)9-12-20-7-3-4-8-23(20)27-18-21(25)17-24-15-5-2-6-16-24/h3-4,7-8,10-11,13-14,21,25H,2,5-6,9,12,15-18H2,1H3/t21-/m1/s1. The minimum Gasteiger partial charge on any atom is -0.497 e. The molecule has 3 rings (SSSR count). The highest BCUT2D eigenvalue weighted by molar-refractivity contribution is 5.35. The number of likely N-dealkylation sites (tertiary alicyclic amines) is 1.